The molecule has 0 spiro atoms. The van der Waals surface area contributed by atoms with Crippen LogP contribution in [-0.4, -0.2) is 38.2 Å². The van der Waals surface area contributed by atoms with E-state index in [1.807, 2.05) is 25.1 Å². The molecular formula is C16H17ClN6. The molecule has 0 radical (unpaired) electrons. The Labute approximate surface area is 138 Å². The number of piperidine rings is 1. The summed E-state index contributed by atoms with van der Waals surface area (Å²) in [5.41, 5.74) is 0.873. The zero-order chi connectivity index (χ0) is 15.8. The number of aryl methyl sites for hydroxylation is 1. The Bertz CT molecular complexity index is 845. The normalized spacial score (nSPS) is 18.5. The minimum absolute atomic E-state index is 0.325. The Balaban J connectivity index is 1.67. The number of halogens is 1. The van der Waals surface area contributed by atoms with Gasteiger partial charge in [0.1, 0.15) is 18.0 Å². The summed E-state index contributed by atoms with van der Waals surface area (Å²) in [6.07, 6.45) is 3.80. The van der Waals surface area contributed by atoms with Crippen molar-refractivity contribution < 1.29 is 0 Å². The lowest BCUT2D eigenvalue weighted by molar-refractivity contribution is 0.490. The summed E-state index contributed by atoms with van der Waals surface area (Å²) in [6.45, 7) is 3.78. The topological polar surface area (TPSA) is 70.6 Å². The molecule has 1 saturated heterocycles. The van der Waals surface area contributed by atoms with Gasteiger partial charge >= 0.3 is 0 Å². The van der Waals surface area contributed by atoms with Gasteiger partial charge in [-0.05, 0) is 38.0 Å². The summed E-state index contributed by atoms with van der Waals surface area (Å²) in [7, 11) is 0. The van der Waals surface area contributed by atoms with Crippen molar-refractivity contribution in [1.82, 2.24) is 25.1 Å². The van der Waals surface area contributed by atoms with E-state index in [1.165, 1.54) is 0 Å². The van der Waals surface area contributed by atoms with Crippen LogP contribution in [0.25, 0.3) is 10.9 Å². The molecule has 1 aliphatic rings. The molecule has 23 heavy (non-hydrogen) atoms. The zero-order valence-corrected chi connectivity index (χ0v) is 13.6. The molecule has 1 fully saturated rings. The SMILES string of the molecule is Cc1nc(C2CCCN(c3ncnc4cc(Cl)ccc34)C2)n[nH]1. The molecule has 4 rings (SSSR count). The van der Waals surface area contributed by atoms with Crippen LogP contribution in [0.15, 0.2) is 24.5 Å². The van der Waals surface area contributed by atoms with Crippen LogP contribution >= 0.6 is 11.6 Å². The fourth-order valence-electron chi connectivity index (χ4n) is 3.19. The summed E-state index contributed by atoms with van der Waals surface area (Å²) < 4.78 is 0. The summed E-state index contributed by atoms with van der Waals surface area (Å²) in [6, 6.07) is 5.76. The molecule has 3 aromatic rings. The Morgan fingerprint density at radius 1 is 1.30 bits per heavy atom. The number of H-pyrrole nitrogens is 1. The van der Waals surface area contributed by atoms with Crippen LogP contribution in [0.3, 0.4) is 0 Å². The van der Waals surface area contributed by atoms with Crippen LogP contribution in [0, 0.1) is 6.92 Å². The lowest BCUT2D eigenvalue weighted by Crippen LogP contribution is -2.35. The summed E-state index contributed by atoms with van der Waals surface area (Å²) in [5.74, 6) is 3.04. The van der Waals surface area contributed by atoms with Gasteiger partial charge in [-0.3, -0.25) is 5.10 Å². The number of fused-ring (bicyclic) bond motifs is 1. The van der Waals surface area contributed by atoms with Gasteiger partial charge in [0.2, 0.25) is 0 Å². The maximum atomic E-state index is 6.07. The highest BCUT2D eigenvalue weighted by molar-refractivity contribution is 6.31. The minimum atomic E-state index is 0.325. The van der Waals surface area contributed by atoms with Gasteiger partial charge in [0.15, 0.2) is 5.82 Å². The van der Waals surface area contributed by atoms with E-state index in [-0.39, 0.29) is 0 Å². The summed E-state index contributed by atoms with van der Waals surface area (Å²) in [4.78, 5) is 15.6. The van der Waals surface area contributed by atoms with Crippen LogP contribution in [0.1, 0.15) is 30.4 Å². The zero-order valence-electron chi connectivity index (χ0n) is 12.8. The minimum Gasteiger partial charge on any atom is -0.355 e. The number of anilines is 1. The fourth-order valence-corrected chi connectivity index (χ4v) is 3.36. The first kappa shape index (κ1) is 14.4. The fraction of sp³-hybridized carbons (Fsp3) is 0.375. The molecule has 1 aromatic carbocycles. The molecule has 1 aliphatic heterocycles. The molecule has 3 heterocycles. The third kappa shape index (κ3) is 2.74. The average Bonchev–Trinajstić information content (AvgIpc) is 3.01. The van der Waals surface area contributed by atoms with Gasteiger partial charge in [0.05, 0.1) is 5.52 Å². The van der Waals surface area contributed by atoms with Gasteiger partial charge in [-0.25, -0.2) is 15.0 Å². The van der Waals surface area contributed by atoms with Gasteiger partial charge in [0, 0.05) is 29.4 Å². The molecule has 0 amide bonds. The molecule has 0 bridgehead atoms. The first-order valence-corrected chi connectivity index (χ1v) is 8.12. The molecule has 0 saturated carbocycles. The van der Waals surface area contributed by atoms with E-state index < -0.39 is 0 Å². The largest absolute Gasteiger partial charge is 0.355 e. The second-order valence-corrected chi connectivity index (χ2v) is 6.36. The van der Waals surface area contributed by atoms with Gasteiger partial charge in [0.25, 0.3) is 0 Å². The highest BCUT2D eigenvalue weighted by Crippen LogP contribution is 2.31. The van der Waals surface area contributed by atoms with E-state index in [9.17, 15) is 0 Å². The van der Waals surface area contributed by atoms with Crippen LogP contribution in [-0.2, 0) is 0 Å². The van der Waals surface area contributed by atoms with Crippen LogP contribution in [0.2, 0.25) is 5.02 Å². The number of nitrogens with zero attached hydrogens (tertiary/aromatic N) is 5. The van der Waals surface area contributed by atoms with E-state index >= 15 is 0 Å². The molecule has 1 atom stereocenters. The molecule has 0 aliphatic carbocycles. The second kappa shape index (κ2) is 5.77. The van der Waals surface area contributed by atoms with E-state index in [1.54, 1.807) is 6.33 Å². The Kier molecular flexibility index (Phi) is 3.61. The summed E-state index contributed by atoms with van der Waals surface area (Å²) >= 11 is 6.07. The maximum Gasteiger partial charge on any atom is 0.155 e. The molecule has 118 valence electrons. The first-order chi connectivity index (χ1) is 11.2. The molecule has 1 N–H and O–H groups in total. The highest BCUT2D eigenvalue weighted by atomic mass is 35.5. The van der Waals surface area contributed by atoms with Crippen LogP contribution in [0.4, 0.5) is 5.82 Å². The van der Waals surface area contributed by atoms with Crippen molar-refractivity contribution in [2.24, 2.45) is 0 Å². The first-order valence-electron chi connectivity index (χ1n) is 7.75. The third-order valence-electron chi connectivity index (χ3n) is 4.28. The van der Waals surface area contributed by atoms with Gasteiger partial charge in [-0.1, -0.05) is 11.6 Å². The predicted octanol–water partition coefficient (Wildman–Crippen LogP) is 3.09. The van der Waals surface area contributed by atoms with Gasteiger partial charge < -0.3 is 4.90 Å². The predicted molar refractivity (Wildman–Crippen MR) is 89.9 cm³/mol. The van der Waals surface area contributed by atoms with Crippen LogP contribution < -0.4 is 4.90 Å². The van der Waals surface area contributed by atoms with E-state index in [2.05, 4.69) is 30.0 Å². The number of aromatic amines is 1. The van der Waals surface area contributed by atoms with E-state index in [0.717, 1.165) is 54.3 Å². The molecule has 7 heteroatoms. The Morgan fingerprint density at radius 3 is 3.04 bits per heavy atom. The number of hydrogen-bond acceptors (Lipinski definition) is 5. The smallest absolute Gasteiger partial charge is 0.155 e. The number of rotatable bonds is 2. The number of hydrogen-bond donors (Lipinski definition) is 1. The number of aromatic nitrogens is 5. The van der Waals surface area contributed by atoms with Gasteiger partial charge in [-0.15, -0.1) is 0 Å². The number of benzene rings is 1. The van der Waals surface area contributed by atoms with E-state index in [0.29, 0.717) is 10.9 Å². The Hall–Kier alpha value is -2.21. The van der Waals surface area contributed by atoms with Crippen molar-refractivity contribution in [3.8, 4) is 0 Å². The van der Waals surface area contributed by atoms with Crippen molar-refractivity contribution in [2.75, 3.05) is 18.0 Å². The molecule has 2 aromatic heterocycles. The van der Waals surface area contributed by atoms with E-state index in [4.69, 9.17) is 11.6 Å². The van der Waals surface area contributed by atoms with Crippen molar-refractivity contribution >= 4 is 28.3 Å². The van der Waals surface area contributed by atoms with Crippen molar-refractivity contribution in [3.63, 3.8) is 0 Å². The third-order valence-corrected chi connectivity index (χ3v) is 4.51. The number of nitrogens with one attached hydrogen (secondary N) is 1. The van der Waals surface area contributed by atoms with Crippen molar-refractivity contribution in [3.05, 3.63) is 41.2 Å². The second-order valence-electron chi connectivity index (χ2n) is 5.92. The average molecular weight is 329 g/mol. The Morgan fingerprint density at radius 2 is 2.22 bits per heavy atom. The monoisotopic (exact) mass is 328 g/mol. The van der Waals surface area contributed by atoms with Crippen molar-refractivity contribution in [1.29, 1.82) is 0 Å². The lowest BCUT2D eigenvalue weighted by Gasteiger charge is -2.32. The molecular weight excluding hydrogens is 312 g/mol. The van der Waals surface area contributed by atoms with Gasteiger partial charge in [-0.2, -0.15) is 5.10 Å². The van der Waals surface area contributed by atoms with Crippen LogP contribution in [0.5, 0.6) is 0 Å². The highest BCUT2D eigenvalue weighted by Gasteiger charge is 2.26. The summed E-state index contributed by atoms with van der Waals surface area (Å²) in [5, 5.41) is 8.99. The standard InChI is InChI=1S/C16H17ClN6/c1-10-20-15(22-21-10)11-3-2-6-23(8-11)16-13-5-4-12(17)7-14(13)18-9-19-16/h4-5,7,9,11H,2-3,6,8H2,1H3,(H,20,21,22). The lowest BCUT2D eigenvalue weighted by atomic mass is 9.97. The maximum absolute atomic E-state index is 6.07. The van der Waals surface area contributed by atoms with Crippen molar-refractivity contribution in [2.45, 2.75) is 25.7 Å². The quantitative estimate of drug-likeness (QED) is 0.782. The molecule has 1 unspecified atom stereocenters. The molecule has 6 nitrogen and oxygen atoms in total.